The highest BCUT2D eigenvalue weighted by Crippen LogP contribution is 2.23. The zero-order valence-corrected chi connectivity index (χ0v) is 7.66. The van der Waals surface area contributed by atoms with Gasteiger partial charge in [-0.1, -0.05) is 19.9 Å². The number of rotatable bonds is 2. The van der Waals surface area contributed by atoms with Crippen LogP contribution in [0, 0.1) is 5.92 Å². The van der Waals surface area contributed by atoms with Crippen LogP contribution in [-0.2, 0) is 4.74 Å². The fraction of sp³-hybridized carbons (Fsp3) is 0.400. The Morgan fingerprint density at radius 2 is 2.08 bits per heavy atom. The highest BCUT2D eigenvalue weighted by atomic mass is 16.6. The molecule has 0 spiro atoms. The third-order valence-corrected chi connectivity index (χ3v) is 1.88. The molecular formula is C10H14O2. The SMILES string of the molecule is CO/C(O)=C1/C=CC(C(C)C)=C1. The summed E-state index contributed by atoms with van der Waals surface area (Å²) in [6.07, 6.45) is 5.78. The third-order valence-electron chi connectivity index (χ3n) is 1.88. The molecular weight excluding hydrogens is 152 g/mol. The number of allylic oxidation sites excluding steroid dienone is 5. The zero-order valence-electron chi connectivity index (χ0n) is 7.66. The van der Waals surface area contributed by atoms with E-state index in [0.717, 1.165) is 5.57 Å². The van der Waals surface area contributed by atoms with Crippen LogP contribution in [0.3, 0.4) is 0 Å². The van der Waals surface area contributed by atoms with E-state index in [9.17, 15) is 5.11 Å². The zero-order chi connectivity index (χ0) is 9.14. The van der Waals surface area contributed by atoms with Crippen molar-refractivity contribution in [3.05, 3.63) is 35.3 Å². The lowest BCUT2D eigenvalue weighted by molar-refractivity contribution is 0.134. The average molecular weight is 166 g/mol. The first kappa shape index (κ1) is 8.91. The standard InChI is InChI=1S/C10H14O2/c1-7(2)8-4-5-9(6-8)10(11)12-3/h4-7,11H,1-3H3/b10-9-. The van der Waals surface area contributed by atoms with E-state index in [0.29, 0.717) is 5.92 Å². The Labute approximate surface area is 72.9 Å². The van der Waals surface area contributed by atoms with Crippen LogP contribution in [-0.4, -0.2) is 12.2 Å². The Hall–Kier alpha value is -1.18. The molecule has 0 aromatic carbocycles. The summed E-state index contributed by atoms with van der Waals surface area (Å²) in [6, 6.07) is 0. The molecule has 1 rings (SSSR count). The van der Waals surface area contributed by atoms with Crippen molar-refractivity contribution in [1.29, 1.82) is 0 Å². The van der Waals surface area contributed by atoms with Crippen molar-refractivity contribution in [2.75, 3.05) is 7.11 Å². The number of methoxy groups -OCH3 is 1. The number of aliphatic hydroxyl groups is 1. The molecule has 12 heavy (non-hydrogen) atoms. The highest BCUT2D eigenvalue weighted by Gasteiger charge is 2.09. The molecule has 66 valence electrons. The summed E-state index contributed by atoms with van der Waals surface area (Å²) < 4.78 is 4.70. The maximum atomic E-state index is 9.22. The van der Waals surface area contributed by atoms with E-state index in [4.69, 9.17) is 4.74 Å². The maximum Gasteiger partial charge on any atom is 0.283 e. The topological polar surface area (TPSA) is 29.5 Å². The van der Waals surface area contributed by atoms with Gasteiger partial charge in [-0.3, -0.25) is 0 Å². The second kappa shape index (κ2) is 3.48. The van der Waals surface area contributed by atoms with Crippen molar-refractivity contribution in [3.63, 3.8) is 0 Å². The van der Waals surface area contributed by atoms with Crippen molar-refractivity contribution in [1.82, 2.24) is 0 Å². The van der Waals surface area contributed by atoms with Gasteiger partial charge in [0.25, 0.3) is 5.95 Å². The van der Waals surface area contributed by atoms with Gasteiger partial charge in [0.1, 0.15) is 0 Å². The Morgan fingerprint density at radius 3 is 2.50 bits per heavy atom. The van der Waals surface area contributed by atoms with Gasteiger partial charge >= 0.3 is 0 Å². The van der Waals surface area contributed by atoms with Gasteiger partial charge in [0, 0.05) is 0 Å². The predicted octanol–water partition coefficient (Wildman–Crippen LogP) is 2.55. The highest BCUT2D eigenvalue weighted by molar-refractivity contribution is 5.46. The molecule has 0 atom stereocenters. The largest absolute Gasteiger partial charge is 0.481 e. The number of aliphatic hydroxyl groups excluding tert-OH is 1. The van der Waals surface area contributed by atoms with Gasteiger partial charge in [-0.05, 0) is 23.6 Å². The number of hydrogen-bond donors (Lipinski definition) is 1. The third kappa shape index (κ3) is 1.70. The molecule has 1 N–H and O–H groups in total. The molecule has 2 heteroatoms. The minimum Gasteiger partial charge on any atom is -0.481 e. The number of ether oxygens (including phenoxy) is 1. The van der Waals surface area contributed by atoms with Crippen LogP contribution in [0.5, 0.6) is 0 Å². The molecule has 0 heterocycles. The lowest BCUT2D eigenvalue weighted by atomic mass is 10.1. The molecule has 0 unspecified atom stereocenters. The molecule has 0 aromatic rings. The lowest BCUT2D eigenvalue weighted by Gasteiger charge is -2.01. The van der Waals surface area contributed by atoms with Gasteiger partial charge in [-0.25, -0.2) is 0 Å². The summed E-state index contributed by atoms with van der Waals surface area (Å²) in [5.74, 6) is 0.477. The minimum atomic E-state index is -0.0121. The normalized spacial score (nSPS) is 19.8. The van der Waals surface area contributed by atoms with Crippen LogP contribution < -0.4 is 0 Å². The van der Waals surface area contributed by atoms with Crippen LogP contribution >= 0.6 is 0 Å². The number of hydrogen-bond acceptors (Lipinski definition) is 2. The summed E-state index contributed by atoms with van der Waals surface area (Å²) >= 11 is 0. The Balaban J connectivity index is 2.86. The van der Waals surface area contributed by atoms with Crippen molar-refractivity contribution in [2.24, 2.45) is 5.92 Å². The fourth-order valence-corrected chi connectivity index (χ4v) is 1.07. The molecule has 0 amide bonds. The molecule has 0 aliphatic heterocycles. The van der Waals surface area contributed by atoms with E-state index in [1.165, 1.54) is 12.7 Å². The van der Waals surface area contributed by atoms with Crippen LogP contribution in [0.4, 0.5) is 0 Å². The van der Waals surface area contributed by atoms with E-state index in [-0.39, 0.29) is 5.95 Å². The first-order valence-electron chi connectivity index (χ1n) is 4.02. The van der Waals surface area contributed by atoms with Gasteiger partial charge in [0.2, 0.25) is 0 Å². The smallest absolute Gasteiger partial charge is 0.283 e. The summed E-state index contributed by atoms with van der Waals surface area (Å²) in [5.41, 5.74) is 1.97. The van der Waals surface area contributed by atoms with E-state index >= 15 is 0 Å². The second-order valence-corrected chi connectivity index (χ2v) is 3.10. The van der Waals surface area contributed by atoms with E-state index < -0.39 is 0 Å². The van der Waals surface area contributed by atoms with Crippen molar-refractivity contribution < 1.29 is 9.84 Å². The molecule has 0 bridgehead atoms. The Kier molecular flexibility index (Phi) is 2.58. The maximum absolute atomic E-state index is 9.22. The first-order valence-corrected chi connectivity index (χ1v) is 4.02. The molecule has 1 aliphatic rings. The average Bonchev–Trinajstić information content (AvgIpc) is 2.51. The van der Waals surface area contributed by atoms with Crippen LogP contribution in [0.15, 0.2) is 35.3 Å². The molecule has 2 nitrogen and oxygen atoms in total. The minimum absolute atomic E-state index is 0.0121. The van der Waals surface area contributed by atoms with E-state index in [1.54, 1.807) is 0 Å². The van der Waals surface area contributed by atoms with Crippen LogP contribution in [0.2, 0.25) is 0 Å². The Morgan fingerprint density at radius 1 is 1.42 bits per heavy atom. The summed E-state index contributed by atoms with van der Waals surface area (Å²) in [6.45, 7) is 4.23. The van der Waals surface area contributed by atoms with Crippen molar-refractivity contribution >= 4 is 0 Å². The predicted molar refractivity (Wildman–Crippen MR) is 48.7 cm³/mol. The quantitative estimate of drug-likeness (QED) is 0.639. The van der Waals surface area contributed by atoms with Gasteiger partial charge in [-0.15, -0.1) is 0 Å². The van der Waals surface area contributed by atoms with Gasteiger partial charge < -0.3 is 9.84 Å². The molecule has 0 saturated heterocycles. The second-order valence-electron chi connectivity index (χ2n) is 3.10. The summed E-state index contributed by atoms with van der Waals surface area (Å²) in [5, 5.41) is 9.22. The van der Waals surface area contributed by atoms with Crippen LogP contribution in [0.1, 0.15) is 13.8 Å². The van der Waals surface area contributed by atoms with Crippen molar-refractivity contribution in [2.45, 2.75) is 13.8 Å². The Bertz CT molecular complexity index is 257. The van der Waals surface area contributed by atoms with E-state index in [1.807, 2.05) is 18.2 Å². The van der Waals surface area contributed by atoms with Gasteiger partial charge in [0.05, 0.1) is 12.7 Å². The monoisotopic (exact) mass is 166 g/mol. The molecule has 0 aromatic heterocycles. The van der Waals surface area contributed by atoms with E-state index in [2.05, 4.69) is 13.8 Å². The summed E-state index contributed by atoms with van der Waals surface area (Å²) in [4.78, 5) is 0. The van der Waals surface area contributed by atoms with Crippen molar-refractivity contribution in [3.8, 4) is 0 Å². The fourth-order valence-electron chi connectivity index (χ4n) is 1.07. The first-order chi connectivity index (χ1) is 5.65. The molecule has 1 aliphatic carbocycles. The lowest BCUT2D eigenvalue weighted by Crippen LogP contribution is -1.89. The van der Waals surface area contributed by atoms with Crippen LogP contribution in [0.25, 0.3) is 0 Å². The molecule has 0 fully saturated rings. The van der Waals surface area contributed by atoms with Gasteiger partial charge in [-0.2, -0.15) is 0 Å². The molecule has 0 saturated carbocycles. The molecule has 0 radical (unpaired) electrons. The van der Waals surface area contributed by atoms with Gasteiger partial charge in [0.15, 0.2) is 0 Å². The summed E-state index contributed by atoms with van der Waals surface area (Å²) in [7, 11) is 1.46.